The second kappa shape index (κ2) is 10.9. The van der Waals surface area contributed by atoms with Gasteiger partial charge in [0, 0.05) is 28.6 Å². The van der Waals surface area contributed by atoms with E-state index >= 15 is 0 Å². The van der Waals surface area contributed by atoms with Gasteiger partial charge in [0.1, 0.15) is 0 Å². The molecule has 0 spiro atoms. The predicted molar refractivity (Wildman–Crippen MR) is 129 cm³/mol. The molecule has 0 bridgehead atoms. The van der Waals surface area contributed by atoms with Crippen molar-refractivity contribution in [3.8, 4) is 0 Å². The molecular weight excluding hydrogens is 475 g/mol. The highest BCUT2D eigenvalue weighted by Gasteiger charge is 2.16. The van der Waals surface area contributed by atoms with Gasteiger partial charge < -0.3 is 5.32 Å². The predicted octanol–water partition coefficient (Wildman–Crippen LogP) is 5.46. The first-order valence-electron chi connectivity index (χ1n) is 9.33. The summed E-state index contributed by atoms with van der Waals surface area (Å²) in [5.41, 5.74) is 1.61. The Morgan fingerprint density at radius 3 is 2.32 bits per heavy atom. The first kappa shape index (κ1) is 23.5. The van der Waals surface area contributed by atoms with E-state index < -0.39 is 10.0 Å². The lowest BCUT2D eigenvalue weighted by Crippen LogP contribution is -2.25. The lowest BCUT2D eigenvalue weighted by atomic mass is 10.2. The summed E-state index contributed by atoms with van der Waals surface area (Å²) >= 11 is 14.0. The van der Waals surface area contributed by atoms with Crippen molar-refractivity contribution in [2.45, 2.75) is 10.6 Å². The molecule has 0 heterocycles. The van der Waals surface area contributed by atoms with E-state index in [1.165, 1.54) is 30.3 Å². The van der Waals surface area contributed by atoms with Gasteiger partial charge >= 0.3 is 0 Å². The van der Waals surface area contributed by atoms with Crippen molar-refractivity contribution in [2.24, 2.45) is 0 Å². The van der Waals surface area contributed by atoms with Crippen LogP contribution >= 0.6 is 35.0 Å². The van der Waals surface area contributed by atoms with E-state index in [1.54, 1.807) is 30.0 Å². The summed E-state index contributed by atoms with van der Waals surface area (Å²) in [5.74, 6) is 1.20. The van der Waals surface area contributed by atoms with Crippen LogP contribution < -0.4 is 10.0 Å². The second-order valence-corrected chi connectivity index (χ2v) is 10.1. The second-order valence-electron chi connectivity index (χ2n) is 6.51. The maximum atomic E-state index is 12.4. The van der Waals surface area contributed by atoms with Crippen LogP contribution in [-0.4, -0.2) is 26.6 Å². The van der Waals surface area contributed by atoms with Gasteiger partial charge in [0.05, 0.1) is 15.6 Å². The maximum Gasteiger partial charge on any atom is 0.261 e. The zero-order valence-electron chi connectivity index (χ0n) is 16.3. The highest BCUT2D eigenvalue weighted by molar-refractivity contribution is 7.98. The number of amides is 1. The van der Waals surface area contributed by atoms with Crippen molar-refractivity contribution < 1.29 is 13.2 Å². The topological polar surface area (TPSA) is 75.3 Å². The number of carbonyl (C=O) groups is 1. The summed E-state index contributed by atoms with van der Waals surface area (Å²) in [6.07, 6.45) is 0. The Morgan fingerprint density at radius 2 is 1.61 bits per heavy atom. The third-order valence-corrected chi connectivity index (χ3v) is 7.35. The largest absolute Gasteiger partial charge is 0.351 e. The first-order chi connectivity index (χ1) is 14.9. The fraction of sp³-hybridized carbons (Fsp3) is 0.136. The molecule has 3 aromatic carbocycles. The molecule has 0 atom stereocenters. The fourth-order valence-corrected chi connectivity index (χ4v) is 5.21. The standard InChI is InChI=1S/C22H20Cl2N2O3S2/c23-19-9-5-4-6-17(19)15-30-13-12-25-22(27)16-10-11-21(20(24)14-16)26-31(28,29)18-7-2-1-3-8-18/h1-11,14,26H,12-13,15H2,(H,25,27). The van der Waals surface area contributed by atoms with Gasteiger partial charge in [-0.15, -0.1) is 0 Å². The van der Waals surface area contributed by atoms with Crippen LogP contribution in [0.5, 0.6) is 0 Å². The Balaban J connectivity index is 1.52. The molecule has 0 aromatic heterocycles. The molecule has 2 N–H and O–H groups in total. The van der Waals surface area contributed by atoms with Crippen LogP contribution in [0.25, 0.3) is 0 Å². The number of hydrogen-bond donors (Lipinski definition) is 2. The Kier molecular flexibility index (Phi) is 8.26. The number of hydrogen-bond acceptors (Lipinski definition) is 4. The molecule has 5 nitrogen and oxygen atoms in total. The number of benzene rings is 3. The minimum Gasteiger partial charge on any atom is -0.351 e. The third-order valence-electron chi connectivity index (χ3n) is 4.28. The van der Waals surface area contributed by atoms with Gasteiger partial charge in [-0.25, -0.2) is 8.42 Å². The molecule has 0 aliphatic heterocycles. The van der Waals surface area contributed by atoms with Crippen molar-refractivity contribution in [1.82, 2.24) is 5.32 Å². The highest BCUT2D eigenvalue weighted by Crippen LogP contribution is 2.26. The average molecular weight is 495 g/mol. The molecule has 0 unspecified atom stereocenters. The number of rotatable bonds is 9. The van der Waals surface area contributed by atoms with Crippen molar-refractivity contribution in [1.29, 1.82) is 0 Å². The van der Waals surface area contributed by atoms with E-state index in [1.807, 2.05) is 24.3 Å². The van der Waals surface area contributed by atoms with E-state index in [9.17, 15) is 13.2 Å². The molecule has 0 aliphatic carbocycles. The molecule has 0 radical (unpaired) electrons. The summed E-state index contributed by atoms with van der Waals surface area (Å²) in [5, 5.41) is 3.70. The number of thioether (sulfide) groups is 1. The minimum atomic E-state index is -3.76. The molecule has 0 aliphatic rings. The Morgan fingerprint density at radius 1 is 0.903 bits per heavy atom. The van der Waals surface area contributed by atoms with Gasteiger partial charge in [-0.3, -0.25) is 9.52 Å². The molecule has 3 rings (SSSR count). The lowest BCUT2D eigenvalue weighted by Gasteiger charge is -2.11. The van der Waals surface area contributed by atoms with Crippen LogP contribution in [-0.2, 0) is 15.8 Å². The number of halogens is 2. The number of carbonyl (C=O) groups excluding carboxylic acids is 1. The van der Waals surface area contributed by atoms with Crippen LogP contribution in [0, 0.1) is 0 Å². The molecule has 162 valence electrons. The van der Waals surface area contributed by atoms with Gasteiger partial charge in [-0.1, -0.05) is 59.6 Å². The van der Waals surface area contributed by atoms with Gasteiger partial charge in [-0.05, 0) is 42.0 Å². The molecule has 9 heteroatoms. The highest BCUT2D eigenvalue weighted by atomic mass is 35.5. The van der Waals surface area contributed by atoms with Crippen LogP contribution in [0.2, 0.25) is 10.0 Å². The zero-order chi connectivity index (χ0) is 22.3. The zero-order valence-corrected chi connectivity index (χ0v) is 19.5. The van der Waals surface area contributed by atoms with Gasteiger partial charge in [0.25, 0.3) is 15.9 Å². The van der Waals surface area contributed by atoms with Crippen molar-refractivity contribution in [2.75, 3.05) is 17.0 Å². The Hall–Kier alpha value is -2.19. The SMILES string of the molecule is O=C(NCCSCc1ccccc1Cl)c1ccc(NS(=O)(=O)c2ccccc2)c(Cl)c1. The van der Waals surface area contributed by atoms with E-state index in [0.717, 1.165) is 22.1 Å². The molecule has 0 fully saturated rings. The molecule has 1 amide bonds. The molecule has 31 heavy (non-hydrogen) atoms. The quantitative estimate of drug-likeness (QED) is 0.387. The summed E-state index contributed by atoms with van der Waals surface area (Å²) in [7, 11) is -3.76. The molecule has 0 saturated heterocycles. The minimum absolute atomic E-state index is 0.127. The van der Waals surface area contributed by atoms with Gasteiger partial charge in [-0.2, -0.15) is 11.8 Å². The number of sulfonamides is 1. The summed E-state index contributed by atoms with van der Waals surface area (Å²) in [6, 6.07) is 20.1. The van der Waals surface area contributed by atoms with E-state index in [2.05, 4.69) is 10.0 Å². The molecule has 3 aromatic rings. The maximum absolute atomic E-state index is 12.4. The fourth-order valence-electron chi connectivity index (χ4n) is 2.68. The van der Waals surface area contributed by atoms with E-state index in [4.69, 9.17) is 23.2 Å². The Bertz CT molecular complexity index is 1160. The Labute approximate surface area is 196 Å². The number of nitrogens with one attached hydrogen (secondary N) is 2. The van der Waals surface area contributed by atoms with Gasteiger partial charge in [0.15, 0.2) is 0 Å². The van der Waals surface area contributed by atoms with Crippen LogP contribution in [0.3, 0.4) is 0 Å². The summed E-state index contributed by atoms with van der Waals surface area (Å²) in [4.78, 5) is 12.5. The van der Waals surface area contributed by atoms with E-state index in [-0.39, 0.29) is 21.5 Å². The average Bonchev–Trinajstić information content (AvgIpc) is 2.76. The van der Waals surface area contributed by atoms with Crippen molar-refractivity contribution in [3.05, 3.63) is 94.0 Å². The first-order valence-corrected chi connectivity index (χ1v) is 12.7. The van der Waals surface area contributed by atoms with Crippen LogP contribution in [0.1, 0.15) is 15.9 Å². The van der Waals surface area contributed by atoms with Crippen molar-refractivity contribution in [3.63, 3.8) is 0 Å². The third kappa shape index (κ3) is 6.64. The normalized spacial score (nSPS) is 11.2. The smallest absolute Gasteiger partial charge is 0.261 e. The lowest BCUT2D eigenvalue weighted by molar-refractivity contribution is 0.0956. The van der Waals surface area contributed by atoms with Gasteiger partial charge in [0.2, 0.25) is 0 Å². The molecular formula is C22H20Cl2N2O3S2. The monoisotopic (exact) mass is 494 g/mol. The summed E-state index contributed by atoms with van der Waals surface area (Å²) < 4.78 is 27.3. The molecule has 0 saturated carbocycles. The van der Waals surface area contributed by atoms with Crippen molar-refractivity contribution >= 4 is 56.6 Å². The summed E-state index contributed by atoms with van der Waals surface area (Å²) in [6.45, 7) is 0.480. The van der Waals surface area contributed by atoms with E-state index in [0.29, 0.717) is 12.1 Å². The van der Waals surface area contributed by atoms with Crippen LogP contribution in [0.15, 0.2) is 77.7 Å². The number of anilines is 1. The van der Waals surface area contributed by atoms with Crippen LogP contribution in [0.4, 0.5) is 5.69 Å².